The number of benzene rings is 1. The van der Waals surface area contributed by atoms with Crippen LogP contribution >= 0.6 is 23.4 Å². The summed E-state index contributed by atoms with van der Waals surface area (Å²) in [5.41, 5.74) is 6.81. The van der Waals surface area contributed by atoms with Gasteiger partial charge in [0.2, 0.25) is 5.91 Å². The largest absolute Gasteiger partial charge is 0.399 e. The number of nitrogen functional groups attached to an aromatic ring is 1. The smallest absolute Gasteiger partial charge is 0.238 e. The van der Waals surface area contributed by atoms with Gasteiger partial charge in [-0.2, -0.15) is 11.8 Å². The number of rotatable bonds is 4. The van der Waals surface area contributed by atoms with E-state index in [0.717, 1.165) is 12.2 Å². The lowest BCUT2D eigenvalue weighted by Gasteiger charge is -2.22. The number of carbonyl (C=O) groups is 1. The lowest BCUT2D eigenvalue weighted by atomic mass is 10.2. The Hall–Kier alpha value is -0.910. The Kier molecular flexibility index (Phi) is 4.96. The summed E-state index contributed by atoms with van der Waals surface area (Å²) in [5, 5.41) is 3.28. The second-order valence-electron chi connectivity index (χ2n) is 4.72. The molecule has 0 bridgehead atoms. The van der Waals surface area contributed by atoms with Gasteiger partial charge in [0.05, 0.1) is 17.3 Å². The maximum atomic E-state index is 12.0. The molecule has 1 unspecified atom stereocenters. The van der Waals surface area contributed by atoms with Crippen LogP contribution in [0.3, 0.4) is 0 Å². The van der Waals surface area contributed by atoms with E-state index in [0.29, 0.717) is 29.0 Å². The number of nitrogens with two attached hydrogens (primary N) is 1. The molecule has 1 heterocycles. The number of halogens is 1. The normalized spacial score (nSPS) is 18.8. The van der Waals surface area contributed by atoms with Gasteiger partial charge in [-0.15, -0.1) is 0 Å². The summed E-state index contributed by atoms with van der Waals surface area (Å²) in [6.07, 6.45) is 1.15. The van der Waals surface area contributed by atoms with Crippen LogP contribution in [0.1, 0.15) is 6.42 Å². The van der Waals surface area contributed by atoms with Crippen LogP contribution in [-0.4, -0.2) is 41.9 Å². The minimum absolute atomic E-state index is 0.0499. The second-order valence-corrected chi connectivity index (χ2v) is 6.28. The molecule has 19 heavy (non-hydrogen) atoms. The number of carbonyl (C=O) groups excluding carboxylic acids is 1. The van der Waals surface area contributed by atoms with Crippen LogP contribution in [0.5, 0.6) is 0 Å². The molecule has 1 aliphatic heterocycles. The van der Waals surface area contributed by atoms with Crippen LogP contribution in [-0.2, 0) is 4.79 Å². The first kappa shape index (κ1) is 14.5. The van der Waals surface area contributed by atoms with E-state index in [1.54, 1.807) is 18.2 Å². The Labute approximate surface area is 122 Å². The van der Waals surface area contributed by atoms with Gasteiger partial charge in [0.25, 0.3) is 0 Å². The molecule has 2 rings (SSSR count). The van der Waals surface area contributed by atoms with E-state index < -0.39 is 0 Å². The average Bonchev–Trinajstić information content (AvgIpc) is 2.86. The number of amides is 1. The van der Waals surface area contributed by atoms with Crippen LogP contribution in [0.2, 0.25) is 5.02 Å². The zero-order valence-corrected chi connectivity index (χ0v) is 12.4. The van der Waals surface area contributed by atoms with Gasteiger partial charge in [-0.25, -0.2) is 0 Å². The molecule has 1 amide bonds. The molecule has 0 saturated carbocycles. The maximum Gasteiger partial charge on any atom is 0.238 e. The van der Waals surface area contributed by atoms with Gasteiger partial charge in [0.1, 0.15) is 0 Å². The molecule has 4 nitrogen and oxygen atoms in total. The molecule has 1 aromatic rings. The van der Waals surface area contributed by atoms with E-state index >= 15 is 0 Å². The van der Waals surface area contributed by atoms with Gasteiger partial charge in [-0.3, -0.25) is 9.69 Å². The Morgan fingerprint density at radius 2 is 2.42 bits per heavy atom. The van der Waals surface area contributed by atoms with Crippen molar-refractivity contribution in [3.63, 3.8) is 0 Å². The third kappa shape index (κ3) is 4.03. The first-order chi connectivity index (χ1) is 9.06. The number of likely N-dealkylation sites (N-methyl/N-ethyl adjacent to an activating group) is 1. The van der Waals surface area contributed by atoms with Crippen molar-refractivity contribution < 1.29 is 4.79 Å². The summed E-state index contributed by atoms with van der Waals surface area (Å²) in [6, 6.07) is 5.58. The molecular weight excluding hydrogens is 282 g/mol. The number of thioether (sulfide) groups is 1. The predicted octanol–water partition coefficient (Wildman–Crippen LogP) is 2.30. The molecule has 0 aliphatic carbocycles. The van der Waals surface area contributed by atoms with E-state index in [4.69, 9.17) is 17.3 Å². The number of nitrogens with one attached hydrogen (secondary N) is 1. The summed E-state index contributed by atoms with van der Waals surface area (Å²) in [6.45, 7) is 0.381. The van der Waals surface area contributed by atoms with Crippen molar-refractivity contribution in [2.24, 2.45) is 0 Å². The fraction of sp³-hybridized carbons (Fsp3) is 0.462. The molecule has 1 saturated heterocycles. The van der Waals surface area contributed by atoms with Crippen LogP contribution in [0, 0.1) is 0 Å². The fourth-order valence-electron chi connectivity index (χ4n) is 2.05. The molecule has 0 spiro atoms. The van der Waals surface area contributed by atoms with Gasteiger partial charge < -0.3 is 11.1 Å². The Bertz CT molecular complexity index is 463. The van der Waals surface area contributed by atoms with Crippen LogP contribution < -0.4 is 11.1 Å². The minimum atomic E-state index is -0.0499. The monoisotopic (exact) mass is 299 g/mol. The first-order valence-electron chi connectivity index (χ1n) is 6.19. The quantitative estimate of drug-likeness (QED) is 0.838. The highest BCUT2D eigenvalue weighted by Gasteiger charge is 2.21. The molecule has 1 atom stereocenters. The van der Waals surface area contributed by atoms with Gasteiger partial charge in [0, 0.05) is 17.5 Å². The van der Waals surface area contributed by atoms with E-state index in [9.17, 15) is 4.79 Å². The topological polar surface area (TPSA) is 58.4 Å². The zero-order valence-electron chi connectivity index (χ0n) is 10.9. The third-order valence-corrected chi connectivity index (χ3v) is 4.65. The number of nitrogens with zero attached hydrogens (tertiary/aromatic N) is 1. The molecule has 1 fully saturated rings. The highest BCUT2D eigenvalue weighted by atomic mass is 35.5. The number of hydrogen-bond donors (Lipinski definition) is 2. The lowest BCUT2D eigenvalue weighted by Crippen LogP contribution is -2.38. The highest BCUT2D eigenvalue weighted by Crippen LogP contribution is 2.24. The van der Waals surface area contributed by atoms with Gasteiger partial charge >= 0.3 is 0 Å². The minimum Gasteiger partial charge on any atom is -0.399 e. The summed E-state index contributed by atoms with van der Waals surface area (Å²) < 4.78 is 0. The van der Waals surface area contributed by atoms with Crippen LogP contribution in [0.25, 0.3) is 0 Å². The fourth-order valence-corrected chi connectivity index (χ4v) is 3.58. The standard InChI is InChI=1S/C13H18ClN3OS/c1-17(10-4-5-19-8-10)7-13(18)16-12-3-2-9(15)6-11(12)14/h2-3,6,10H,4-5,7-8,15H2,1H3,(H,16,18). The highest BCUT2D eigenvalue weighted by molar-refractivity contribution is 7.99. The third-order valence-electron chi connectivity index (χ3n) is 3.19. The SMILES string of the molecule is CN(CC(=O)Nc1ccc(N)cc1Cl)C1CCSC1. The van der Waals surface area contributed by atoms with Crippen molar-refractivity contribution in [1.29, 1.82) is 0 Å². The van der Waals surface area contributed by atoms with Gasteiger partial charge in [-0.05, 0) is 37.4 Å². The lowest BCUT2D eigenvalue weighted by molar-refractivity contribution is -0.117. The average molecular weight is 300 g/mol. The van der Waals surface area contributed by atoms with E-state index in [1.807, 2.05) is 18.8 Å². The second kappa shape index (κ2) is 6.50. The van der Waals surface area contributed by atoms with Gasteiger partial charge in [0.15, 0.2) is 0 Å². The first-order valence-corrected chi connectivity index (χ1v) is 7.72. The molecule has 1 aliphatic rings. The molecule has 0 aromatic heterocycles. The summed E-state index contributed by atoms with van der Waals surface area (Å²) in [4.78, 5) is 14.1. The van der Waals surface area contributed by atoms with Crippen molar-refractivity contribution in [2.45, 2.75) is 12.5 Å². The Morgan fingerprint density at radius 3 is 3.05 bits per heavy atom. The van der Waals surface area contributed by atoms with E-state index in [1.165, 1.54) is 5.75 Å². The number of anilines is 2. The summed E-state index contributed by atoms with van der Waals surface area (Å²) >= 11 is 7.96. The van der Waals surface area contributed by atoms with Crippen LogP contribution in [0.4, 0.5) is 11.4 Å². The maximum absolute atomic E-state index is 12.0. The summed E-state index contributed by atoms with van der Waals surface area (Å²) in [7, 11) is 1.99. The van der Waals surface area contributed by atoms with Gasteiger partial charge in [-0.1, -0.05) is 11.6 Å². The number of hydrogen-bond acceptors (Lipinski definition) is 4. The predicted molar refractivity (Wildman–Crippen MR) is 82.9 cm³/mol. The van der Waals surface area contributed by atoms with Crippen molar-refractivity contribution >= 4 is 40.6 Å². The van der Waals surface area contributed by atoms with Crippen molar-refractivity contribution in [1.82, 2.24) is 4.90 Å². The Morgan fingerprint density at radius 1 is 1.63 bits per heavy atom. The Balaban J connectivity index is 1.89. The zero-order chi connectivity index (χ0) is 13.8. The molecule has 0 radical (unpaired) electrons. The molecule has 104 valence electrons. The van der Waals surface area contributed by atoms with E-state index in [-0.39, 0.29) is 5.91 Å². The van der Waals surface area contributed by atoms with Crippen molar-refractivity contribution in [3.05, 3.63) is 23.2 Å². The van der Waals surface area contributed by atoms with Crippen molar-refractivity contribution in [2.75, 3.05) is 36.1 Å². The molecule has 3 N–H and O–H groups in total. The van der Waals surface area contributed by atoms with Crippen LogP contribution in [0.15, 0.2) is 18.2 Å². The van der Waals surface area contributed by atoms with Crippen molar-refractivity contribution in [3.8, 4) is 0 Å². The molecular formula is C13H18ClN3OS. The molecule has 6 heteroatoms. The van der Waals surface area contributed by atoms with E-state index in [2.05, 4.69) is 10.2 Å². The summed E-state index contributed by atoms with van der Waals surface area (Å²) in [5.74, 6) is 2.23. The molecule has 1 aromatic carbocycles.